The Bertz CT molecular complexity index is 932. The molecule has 3 aromatic carbocycles. The standard InChI is InChI=1S/C21H18N2O2/c24-20-19(13-15-7-2-1-3-8-15)22-21(25)23(20)14-17-11-6-10-16-9-4-5-12-18(16)17/h1-12,19H,13-14H2,(H,22,25)/t19-/m1/s1. The number of nitrogens with zero attached hydrogens (tertiary/aromatic N) is 1. The van der Waals surface area contributed by atoms with Crippen molar-refractivity contribution < 1.29 is 9.59 Å². The lowest BCUT2D eigenvalue weighted by molar-refractivity contribution is -0.127. The fourth-order valence-corrected chi connectivity index (χ4v) is 3.32. The fraction of sp³-hybridized carbons (Fsp3) is 0.143. The summed E-state index contributed by atoms with van der Waals surface area (Å²) in [5, 5.41) is 4.98. The Hall–Kier alpha value is -3.14. The molecule has 0 radical (unpaired) electrons. The van der Waals surface area contributed by atoms with Gasteiger partial charge in [0.1, 0.15) is 6.04 Å². The van der Waals surface area contributed by atoms with E-state index in [-0.39, 0.29) is 18.5 Å². The highest BCUT2D eigenvalue weighted by Gasteiger charge is 2.37. The lowest BCUT2D eigenvalue weighted by Gasteiger charge is -2.15. The van der Waals surface area contributed by atoms with Crippen LogP contribution in [-0.2, 0) is 17.8 Å². The summed E-state index contributed by atoms with van der Waals surface area (Å²) in [6, 6.07) is 22.9. The number of imide groups is 1. The van der Waals surface area contributed by atoms with E-state index in [4.69, 9.17) is 0 Å². The first-order valence-electron chi connectivity index (χ1n) is 8.35. The average molecular weight is 330 g/mol. The topological polar surface area (TPSA) is 49.4 Å². The van der Waals surface area contributed by atoms with Crippen LogP contribution in [0.15, 0.2) is 72.8 Å². The normalized spacial score (nSPS) is 17.1. The van der Waals surface area contributed by atoms with Crippen molar-refractivity contribution in [3.05, 3.63) is 83.9 Å². The molecular formula is C21H18N2O2. The molecular weight excluding hydrogens is 312 g/mol. The molecule has 1 fully saturated rings. The number of amides is 3. The highest BCUT2D eigenvalue weighted by Crippen LogP contribution is 2.22. The fourth-order valence-electron chi connectivity index (χ4n) is 3.32. The molecule has 1 N–H and O–H groups in total. The van der Waals surface area contributed by atoms with Crippen molar-refractivity contribution in [3.8, 4) is 0 Å². The Kier molecular flexibility index (Phi) is 3.94. The van der Waals surface area contributed by atoms with E-state index in [1.807, 2.05) is 72.8 Å². The van der Waals surface area contributed by atoms with Gasteiger partial charge in [0.2, 0.25) is 0 Å². The summed E-state index contributed by atoms with van der Waals surface area (Å²) in [5.41, 5.74) is 2.01. The van der Waals surface area contributed by atoms with Crippen molar-refractivity contribution in [2.45, 2.75) is 19.0 Å². The molecule has 4 nitrogen and oxygen atoms in total. The molecule has 25 heavy (non-hydrogen) atoms. The van der Waals surface area contributed by atoms with E-state index < -0.39 is 6.04 Å². The van der Waals surface area contributed by atoms with Gasteiger partial charge in [-0.25, -0.2) is 4.79 Å². The number of urea groups is 1. The van der Waals surface area contributed by atoms with Gasteiger partial charge < -0.3 is 5.32 Å². The largest absolute Gasteiger partial charge is 0.325 e. The lowest BCUT2D eigenvalue weighted by atomic mass is 10.0. The molecule has 1 heterocycles. The van der Waals surface area contributed by atoms with E-state index in [1.165, 1.54) is 4.90 Å². The Labute approximate surface area is 146 Å². The molecule has 0 unspecified atom stereocenters. The molecule has 0 saturated carbocycles. The smallest absolute Gasteiger partial charge is 0.325 e. The predicted octanol–water partition coefficient (Wildman–Crippen LogP) is 3.50. The number of carbonyl (C=O) groups excluding carboxylic acids is 2. The van der Waals surface area contributed by atoms with E-state index in [1.54, 1.807) is 0 Å². The van der Waals surface area contributed by atoms with Gasteiger partial charge in [-0.2, -0.15) is 0 Å². The summed E-state index contributed by atoms with van der Waals surface area (Å²) in [6.07, 6.45) is 0.511. The van der Waals surface area contributed by atoms with Crippen LogP contribution >= 0.6 is 0 Å². The van der Waals surface area contributed by atoms with Crippen LogP contribution in [0.2, 0.25) is 0 Å². The molecule has 0 aliphatic carbocycles. The number of rotatable bonds is 4. The molecule has 4 heteroatoms. The Balaban J connectivity index is 1.56. The van der Waals surface area contributed by atoms with Gasteiger partial charge >= 0.3 is 6.03 Å². The molecule has 3 amide bonds. The van der Waals surface area contributed by atoms with Crippen LogP contribution in [0.25, 0.3) is 10.8 Å². The minimum Gasteiger partial charge on any atom is -0.325 e. The zero-order chi connectivity index (χ0) is 17.2. The number of nitrogens with one attached hydrogen (secondary N) is 1. The second kappa shape index (κ2) is 6.40. The van der Waals surface area contributed by atoms with Crippen molar-refractivity contribution in [2.24, 2.45) is 0 Å². The minimum absolute atomic E-state index is 0.165. The van der Waals surface area contributed by atoms with Crippen LogP contribution in [0, 0.1) is 0 Å². The van der Waals surface area contributed by atoms with Gasteiger partial charge in [-0.1, -0.05) is 72.8 Å². The second-order valence-corrected chi connectivity index (χ2v) is 6.25. The lowest BCUT2D eigenvalue weighted by Crippen LogP contribution is -2.32. The van der Waals surface area contributed by atoms with Crippen molar-refractivity contribution in [1.82, 2.24) is 10.2 Å². The molecule has 1 atom stereocenters. The highest BCUT2D eigenvalue weighted by molar-refractivity contribution is 6.04. The van der Waals surface area contributed by atoms with Gasteiger partial charge in [0, 0.05) is 6.42 Å². The third kappa shape index (κ3) is 2.98. The Morgan fingerprint density at radius 1 is 0.840 bits per heavy atom. The maximum atomic E-state index is 12.7. The van der Waals surface area contributed by atoms with Crippen molar-refractivity contribution >= 4 is 22.7 Å². The van der Waals surface area contributed by atoms with Crippen LogP contribution in [0.4, 0.5) is 4.79 Å². The van der Waals surface area contributed by atoms with Gasteiger partial charge in [-0.3, -0.25) is 9.69 Å². The number of fused-ring (bicyclic) bond motifs is 1. The van der Waals surface area contributed by atoms with Crippen molar-refractivity contribution in [2.75, 3.05) is 0 Å². The van der Waals surface area contributed by atoms with E-state index in [0.29, 0.717) is 6.42 Å². The zero-order valence-electron chi connectivity index (χ0n) is 13.7. The van der Waals surface area contributed by atoms with Crippen LogP contribution in [-0.4, -0.2) is 22.9 Å². The quantitative estimate of drug-likeness (QED) is 0.744. The van der Waals surface area contributed by atoms with Crippen LogP contribution < -0.4 is 5.32 Å². The van der Waals surface area contributed by atoms with Gasteiger partial charge in [-0.15, -0.1) is 0 Å². The van der Waals surface area contributed by atoms with Gasteiger partial charge in [0.25, 0.3) is 5.91 Å². The first-order valence-corrected chi connectivity index (χ1v) is 8.35. The maximum Gasteiger partial charge on any atom is 0.325 e. The van der Waals surface area contributed by atoms with Crippen LogP contribution in [0.3, 0.4) is 0 Å². The summed E-state index contributed by atoms with van der Waals surface area (Å²) >= 11 is 0. The van der Waals surface area contributed by atoms with Crippen molar-refractivity contribution in [3.63, 3.8) is 0 Å². The first kappa shape index (κ1) is 15.4. The molecule has 0 bridgehead atoms. The van der Waals surface area contributed by atoms with E-state index in [9.17, 15) is 9.59 Å². The molecule has 4 rings (SSSR count). The second-order valence-electron chi connectivity index (χ2n) is 6.25. The number of hydrogen-bond acceptors (Lipinski definition) is 2. The Morgan fingerprint density at radius 2 is 1.56 bits per heavy atom. The predicted molar refractivity (Wildman–Crippen MR) is 97.0 cm³/mol. The van der Waals surface area contributed by atoms with E-state index in [0.717, 1.165) is 21.9 Å². The third-order valence-electron chi connectivity index (χ3n) is 4.60. The van der Waals surface area contributed by atoms with Crippen LogP contribution in [0.1, 0.15) is 11.1 Å². The van der Waals surface area contributed by atoms with Gasteiger partial charge in [0.05, 0.1) is 6.54 Å². The maximum absolute atomic E-state index is 12.7. The minimum atomic E-state index is -0.495. The Morgan fingerprint density at radius 3 is 2.40 bits per heavy atom. The highest BCUT2D eigenvalue weighted by atomic mass is 16.2. The summed E-state index contributed by atoms with van der Waals surface area (Å²) < 4.78 is 0. The molecule has 1 aliphatic rings. The summed E-state index contributed by atoms with van der Waals surface area (Å²) in [4.78, 5) is 26.3. The van der Waals surface area contributed by atoms with E-state index in [2.05, 4.69) is 5.32 Å². The van der Waals surface area contributed by atoms with Crippen molar-refractivity contribution in [1.29, 1.82) is 0 Å². The van der Waals surface area contributed by atoms with Gasteiger partial charge in [-0.05, 0) is 21.9 Å². The number of benzene rings is 3. The van der Waals surface area contributed by atoms with Gasteiger partial charge in [0.15, 0.2) is 0 Å². The van der Waals surface area contributed by atoms with Crippen LogP contribution in [0.5, 0.6) is 0 Å². The average Bonchev–Trinajstić information content (AvgIpc) is 2.90. The first-order chi connectivity index (χ1) is 12.2. The monoisotopic (exact) mass is 330 g/mol. The number of carbonyl (C=O) groups is 2. The third-order valence-corrected chi connectivity index (χ3v) is 4.60. The molecule has 0 aromatic heterocycles. The SMILES string of the molecule is O=C1N[C@H](Cc2ccccc2)C(=O)N1Cc1cccc2ccccc12. The van der Waals surface area contributed by atoms with E-state index >= 15 is 0 Å². The summed E-state index contributed by atoms with van der Waals surface area (Å²) in [7, 11) is 0. The zero-order valence-corrected chi connectivity index (χ0v) is 13.7. The summed E-state index contributed by atoms with van der Waals surface area (Å²) in [5.74, 6) is -0.165. The molecule has 124 valence electrons. The molecule has 1 aliphatic heterocycles. The summed E-state index contributed by atoms with van der Waals surface area (Å²) in [6.45, 7) is 0.289. The molecule has 3 aromatic rings. The molecule has 0 spiro atoms. The molecule has 1 saturated heterocycles. The number of hydrogen-bond donors (Lipinski definition) is 1.